The van der Waals surface area contributed by atoms with Crippen molar-refractivity contribution in [2.75, 3.05) is 20.2 Å². The topological polar surface area (TPSA) is 55.6 Å². The highest BCUT2D eigenvalue weighted by Gasteiger charge is 2.17. The van der Waals surface area contributed by atoms with Crippen LogP contribution in [0.25, 0.3) is 0 Å². The molecular formula is C19H24N2O2. The van der Waals surface area contributed by atoms with Crippen molar-refractivity contribution in [2.45, 2.75) is 19.9 Å². The average Bonchev–Trinajstić information content (AvgIpc) is 2.59. The first-order valence-corrected chi connectivity index (χ1v) is 7.83. The fourth-order valence-electron chi connectivity index (χ4n) is 2.47. The van der Waals surface area contributed by atoms with E-state index in [0.717, 1.165) is 23.3 Å². The minimum Gasteiger partial charge on any atom is -0.496 e. The van der Waals surface area contributed by atoms with Crippen LogP contribution in [-0.2, 0) is 6.54 Å². The molecule has 4 nitrogen and oxygen atoms in total. The van der Waals surface area contributed by atoms with Gasteiger partial charge in [0.2, 0.25) is 0 Å². The number of hydrogen-bond donors (Lipinski definition) is 1. The Hall–Kier alpha value is -2.33. The van der Waals surface area contributed by atoms with Crippen molar-refractivity contribution in [3.8, 4) is 5.75 Å². The van der Waals surface area contributed by atoms with E-state index in [1.165, 1.54) is 0 Å². The number of ether oxygens (including phenoxy) is 1. The Kier molecular flexibility index (Phi) is 6.18. The summed E-state index contributed by atoms with van der Waals surface area (Å²) in [5.74, 6) is 0.731. The number of amides is 1. The molecule has 2 rings (SSSR count). The van der Waals surface area contributed by atoms with Crippen LogP contribution in [0.3, 0.4) is 0 Å². The molecule has 0 aliphatic heterocycles. The van der Waals surface area contributed by atoms with Gasteiger partial charge in [-0.15, -0.1) is 0 Å². The van der Waals surface area contributed by atoms with Crippen LogP contribution in [0.2, 0.25) is 0 Å². The number of methoxy groups -OCH3 is 1. The van der Waals surface area contributed by atoms with Crippen LogP contribution >= 0.6 is 0 Å². The Bertz CT molecular complexity index is 641. The van der Waals surface area contributed by atoms with E-state index < -0.39 is 0 Å². The van der Waals surface area contributed by atoms with Crippen LogP contribution in [-0.4, -0.2) is 31.0 Å². The maximum atomic E-state index is 12.9. The van der Waals surface area contributed by atoms with Crippen molar-refractivity contribution in [1.29, 1.82) is 0 Å². The SMILES string of the molecule is COc1cc(C(=O)N(CCCN)Cc2ccccc2)ccc1C. The van der Waals surface area contributed by atoms with E-state index in [-0.39, 0.29) is 5.91 Å². The summed E-state index contributed by atoms with van der Waals surface area (Å²) in [5, 5.41) is 0. The van der Waals surface area contributed by atoms with E-state index >= 15 is 0 Å². The number of carbonyl (C=O) groups excluding carboxylic acids is 1. The van der Waals surface area contributed by atoms with Gasteiger partial charge in [-0.1, -0.05) is 36.4 Å². The third-order valence-corrected chi connectivity index (χ3v) is 3.79. The third kappa shape index (κ3) is 4.57. The lowest BCUT2D eigenvalue weighted by Crippen LogP contribution is -2.32. The van der Waals surface area contributed by atoms with Gasteiger partial charge in [0.1, 0.15) is 5.75 Å². The molecule has 4 heteroatoms. The van der Waals surface area contributed by atoms with E-state index in [0.29, 0.717) is 25.2 Å². The van der Waals surface area contributed by atoms with Gasteiger partial charge in [-0.3, -0.25) is 4.79 Å². The quantitative estimate of drug-likeness (QED) is 0.855. The zero-order valence-corrected chi connectivity index (χ0v) is 13.8. The smallest absolute Gasteiger partial charge is 0.254 e. The summed E-state index contributed by atoms with van der Waals surface area (Å²) in [6.07, 6.45) is 0.779. The van der Waals surface area contributed by atoms with Crippen LogP contribution in [0, 0.1) is 6.92 Å². The fourth-order valence-corrected chi connectivity index (χ4v) is 2.47. The second kappa shape index (κ2) is 8.34. The Morgan fingerprint density at radius 1 is 1.17 bits per heavy atom. The Morgan fingerprint density at radius 3 is 2.57 bits per heavy atom. The number of hydrogen-bond acceptors (Lipinski definition) is 3. The largest absolute Gasteiger partial charge is 0.496 e. The van der Waals surface area contributed by atoms with Crippen LogP contribution in [0.15, 0.2) is 48.5 Å². The normalized spacial score (nSPS) is 10.4. The van der Waals surface area contributed by atoms with Crippen molar-refractivity contribution in [3.63, 3.8) is 0 Å². The van der Waals surface area contributed by atoms with Gasteiger partial charge in [0, 0.05) is 18.7 Å². The molecule has 0 bridgehead atoms. The van der Waals surface area contributed by atoms with Gasteiger partial charge >= 0.3 is 0 Å². The molecule has 0 saturated heterocycles. The van der Waals surface area contributed by atoms with Gasteiger partial charge in [0.15, 0.2) is 0 Å². The molecule has 0 aliphatic carbocycles. The van der Waals surface area contributed by atoms with Gasteiger partial charge < -0.3 is 15.4 Å². The molecule has 2 N–H and O–H groups in total. The standard InChI is InChI=1S/C19H24N2O2/c1-15-9-10-17(13-18(15)23-2)19(22)21(12-6-11-20)14-16-7-4-3-5-8-16/h3-5,7-10,13H,6,11-12,14,20H2,1-2H3. The molecule has 23 heavy (non-hydrogen) atoms. The van der Waals surface area contributed by atoms with Gasteiger partial charge in [0.25, 0.3) is 5.91 Å². The zero-order chi connectivity index (χ0) is 16.7. The number of carbonyl (C=O) groups is 1. The molecule has 1 amide bonds. The maximum absolute atomic E-state index is 12.9. The molecule has 0 aromatic heterocycles. The summed E-state index contributed by atoms with van der Waals surface area (Å²) in [6, 6.07) is 15.6. The van der Waals surface area contributed by atoms with E-state index in [9.17, 15) is 4.79 Å². The highest BCUT2D eigenvalue weighted by molar-refractivity contribution is 5.94. The molecule has 0 radical (unpaired) electrons. The molecule has 0 atom stereocenters. The van der Waals surface area contributed by atoms with Crippen LogP contribution in [0.1, 0.15) is 27.9 Å². The molecular weight excluding hydrogens is 288 g/mol. The van der Waals surface area contributed by atoms with Crippen LogP contribution < -0.4 is 10.5 Å². The summed E-state index contributed by atoms with van der Waals surface area (Å²) in [7, 11) is 1.62. The predicted octanol–water partition coefficient (Wildman–Crippen LogP) is 2.99. The number of aryl methyl sites for hydroxylation is 1. The minimum absolute atomic E-state index is 0.000558. The van der Waals surface area contributed by atoms with Crippen molar-refractivity contribution < 1.29 is 9.53 Å². The number of rotatable bonds is 7. The zero-order valence-electron chi connectivity index (χ0n) is 13.8. The molecule has 0 unspecified atom stereocenters. The highest BCUT2D eigenvalue weighted by Crippen LogP contribution is 2.20. The molecule has 0 heterocycles. The first-order valence-electron chi connectivity index (χ1n) is 7.83. The van der Waals surface area contributed by atoms with E-state index in [2.05, 4.69) is 0 Å². The van der Waals surface area contributed by atoms with E-state index in [4.69, 9.17) is 10.5 Å². The molecule has 2 aromatic rings. The first kappa shape index (κ1) is 17.0. The summed E-state index contributed by atoms with van der Waals surface area (Å²) in [6.45, 7) is 3.75. The van der Waals surface area contributed by atoms with E-state index in [1.54, 1.807) is 13.2 Å². The van der Waals surface area contributed by atoms with Crippen molar-refractivity contribution in [1.82, 2.24) is 4.90 Å². The highest BCUT2D eigenvalue weighted by atomic mass is 16.5. The number of nitrogens with zero attached hydrogens (tertiary/aromatic N) is 1. The van der Waals surface area contributed by atoms with Gasteiger partial charge in [-0.25, -0.2) is 0 Å². The predicted molar refractivity (Wildman–Crippen MR) is 92.6 cm³/mol. The van der Waals surface area contributed by atoms with Gasteiger partial charge in [0.05, 0.1) is 7.11 Å². The summed E-state index contributed by atoms with van der Waals surface area (Å²) < 4.78 is 5.32. The van der Waals surface area contributed by atoms with Gasteiger partial charge in [-0.2, -0.15) is 0 Å². The van der Waals surface area contributed by atoms with E-state index in [1.807, 2.05) is 54.3 Å². The lowest BCUT2D eigenvalue weighted by atomic mass is 10.1. The lowest BCUT2D eigenvalue weighted by Gasteiger charge is -2.23. The minimum atomic E-state index is 0.000558. The Labute approximate surface area is 137 Å². The van der Waals surface area contributed by atoms with Crippen molar-refractivity contribution >= 4 is 5.91 Å². The lowest BCUT2D eigenvalue weighted by molar-refractivity contribution is 0.0742. The molecule has 0 spiro atoms. The second-order valence-corrected chi connectivity index (χ2v) is 5.54. The van der Waals surface area contributed by atoms with Crippen LogP contribution in [0.5, 0.6) is 5.75 Å². The van der Waals surface area contributed by atoms with Crippen molar-refractivity contribution in [3.05, 3.63) is 65.2 Å². The third-order valence-electron chi connectivity index (χ3n) is 3.79. The molecule has 0 fully saturated rings. The van der Waals surface area contributed by atoms with Crippen LogP contribution in [0.4, 0.5) is 0 Å². The molecule has 122 valence electrons. The molecule has 0 aliphatic rings. The second-order valence-electron chi connectivity index (χ2n) is 5.54. The summed E-state index contributed by atoms with van der Waals surface area (Å²) in [5.41, 5.74) is 8.38. The summed E-state index contributed by atoms with van der Waals surface area (Å²) in [4.78, 5) is 14.7. The average molecular weight is 312 g/mol. The Morgan fingerprint density at radius 2 is 1.91 bits per heavy atom. The number of nitrogens with two attached hydrogens (primary N) is 1. The summed E-state index contributed by atoms with van der Waals surface area (Å²) >= 11 is 0. The van der Waals surface area contributed by atoms with Gasteiger partial charge in [-0.05, 0) is 43.1 Å². The number of benzene rings is 2. The maximum Gasteiger partial charge on any atom is 0.254 e. The monoisotopic (exact) mass is 312 g/mol. The first-order chi connectivity index (χ1) is 11.2. The molecule has 2 aromatic carbocycles. The van der Waals surface area contributed by atoms with Crippen molar-refractivity contribution in [2.24, 2.45) is 5.73 Å². The molecule has 0 saturated carbocycles. The fraction of sp³-hybridized carbons (Fsp3) is 0.316. The Balaban J connectivity index is 2.22.